The Labute approximate surface area is 113 Å². The molecule has 0 saturated heterocycles. The molecule has 19 heavy (non-hydrogen) atoms. The minimum Gasteiger partial charge on any atom is -0.609 e. The van der Waals surface area contributed by atoms with Crippen LogP contribution in [0.5, 0.6) is 0 Å². The van der Waals surface area contributed by atoms with Crippen LogP contribution in [0.3, 0.4) is 0 Å². The summed E-state index contributed by atoms with van der Waals surface area (Å²) >= 11 is 4.17. The topological polar surface area (TPSA) is 66.7 Å². The fourth-order valence-electron chi connectivity index (χ4n) is 1.41. The van der Waals surface area contributed by atoms with Crippen LogP contribution in [0.25, 0.3) is 5.69 Å². The van der Waals surface area contributed by atoms with Crippen molar-refractivity contribution in [3.8, 4) is 5.69 Å². The van der Waals surface area contributed by atoms with E-state index in [9.17, 15) is 17.7 Å². The fraction of sp³-hybridized carbons (Fsp3) is 0.222. The summed E-state index contributed by atoms with van der Waals surface area (Å²) in [6.07, 6.45) is -3.28. The third kappa shape index (κ3) is 2.67. The van der Waals surface area contributed by atoms with E-state index in [0.29, 0.717) is 0 Å². The van der Waals surface area contributed by atoms with Crippen molar-refractivity contribution in [2.75, 3.05) is 6.26 Å². The number of rotatable bonds is 2. The zero-order valence-corrected chi connectivity index (χ0v) is 10.9. The highest BCUT2D eigenvalue weighted by Crippen LogP contribution is 2.37. The Morgan fingerprint density at radius 3 is 2.63 bits per heavy atom. The molecule has 102 valence electrons. The Hall–Kier alpha value is -1.32. The predicted octanol–water partition coefficient (Wildman–Crippen LogP) is 2.07. The van der Waals surface area contributed by atoms with E-state index >= 15 is 0 Å². The van der Waals surface area contributed by atoms with Crippen LogP contribution in [0.1, 0.15) is 5.56 Å². The fourth-order valence-corrected chi connectivity index (χ4v) is 2.25. The number of hydrogen-bond donors (Lipinski definition) is 0. The molecule has 0 fully saturated rings. The summed E-state index contributed by atoms with van der Waals surface area (Å²) in [6, 6.07) is 3.33. The van der Waals surface area contributed by atoms with Gasteiger partial charge in [-0.25, -0.2) is 0 Å². The van der Waals surface area contributed by atoms with Crippen LogP contribution in [0.2, 0.25) is 5.02 Å². The maximum atomic E-state index is 12.7. The van der Waals surface area contributed by atoms with Crippen molar-refractivity contribution >= 4 is 22.8 Å². The van der Waals surface area contributed by atoms with Gasteiger partial charge in [0, 0.05) is 11.2 Å². The molecule has 1 unspecified atom stereocenters. The Morgan fingerprint density at radius 1 is 1.37 bits per heavy atom. The van der Waals surface area contributed by atoms with Gasteiger partial charge in [0.1, 0.15) is 6.26 Å². The molecule has 0 aliphatic heterocycles. The van der Waals surface area contributed by atoms with Crippen LogP contribution < -0.4 is 0 Å². The van der Waals surface area contributed by atoms with E-state index in [1.807, 2.05) is 0 Å². The molecule has 2 aromatic rings. The Kier molecular flexibility index (Phi) is 3.70. The van der Waals surface area contributed by atoms with E-state index in [4.69, 9.17) is 11.6 Å². The van der Waals surface area contributed by atoms with E-state index in [1.54, 1.807) is 0 Å². The van der Waals surface area contributed by atoms with Crippen LogP contribution in [0.15, 0.2) is 23.4 Å². The molecule has 0 saturated carbocycles. The monoisotopic (exact) mass is 310 g/mol. The van der Waals surface area contributed by atoms with Crippen LogP contribution in [0, 0.1) is 0 Å². The van der Waals surface area contributed by atoms with E-state index in [0.717, 1.165) is 10.7 Å². The van der Waals surface area contributed by atoms with Gasteiger partial charge in [-0.05, 0) is 22.6 Å². The molecular weight excluding hydrogens is 305 g/mol. The number of halogens is 4. The number of tetrazole rings is 1. The second-order valence-electron chi connectivity index (χ2n) is 3.46. The highest BCUT2D eigenvalue weighted by atomic mass is 35.5. The predicted molar refractivity (Wildman–Crippen MR) is 61.5 cm³/mol. The molecule has 0 aliphatic carbocycles. The van der Waals surface area contributed by atoms with Gasteiger partial charge in [0.2, 0.25) is 0 Å². The summed E-state index contributed by atoms with van der Waals surface area (Å²) in [6.45, 7) is 0. The van der Waals surface area contributed by atoms with Crippen molar-refractivity contribution in [1.82, 2.24) is 20.2 Å². The van der Waals surface area contributed by atoms with Crippen LogP contribution in [-0.4, -0.2) is 31.0 Å². The van der Waals surface area contributed by atoms with Crippen molar-refractivity contribution in [2.45, 2.75) is 11.3 Å². The Balaban J connectivity index is 2.61. The van der Waals surface area contributed by atoms with Crippen molar-refractivity contribution in [3.05, 3.63) is 28.8 Å². The number of nitrogens with zero attached hydrogens (tertiary/aromatic N) is 4. The average molecular weight is 311 g/mol. The largest absolute Gasteiger partial charge is 0.609 e. The smallest absolute Gasteiger partial charge is 0.417 e. The molecule has 0 N–H and O–H groups in total. The standard InChI is InChI=1S/C9H6ClF3N4OS/c1-19(18)8-14-15-16-17(8)6-4-2-3-5(7(6)10)9(11,12)13/h2-4H,1H3. The molecule has 2 rings (SSSR count). The summed E-state index contributed by atoms with van der Waals surface area (Å²) in [5.41, 5.74) is -1.08. The average Bonchev–Trinajstić information content (AvgIpc) is 2.76. The van der Waals surface area contributed by atoms with E-state index in [-0.39, 0.29) is 10.8 Å². The third-order valence-electron chi connectivity index (χ3n) is 2.21. The van der Waals surface area contributed by atoms with Crippen molar-refractivity contribution in [3.63, 3.8) is 0 Å². The van der Waals surface area contributed by atoms with Gasteiger partial charge in [-0.1, -0.05) is 22.8 Å². The van der Waals surface area contributed by atoms with Crippen molar-refractivity contribution in [1.29, 1.82) is 0 Å². The summed E-state index contributed by atoms with van der Waals surface area (Å²) in [5.74, 6) is 0. The maximum Gasteiger partial charge on any atom is 0.417 e. The van der Waals surface area contributed by atoms with Gasteiger partial charge in [-0.15, -0.1) is 0 Å². The molecule has 0 spiro atoms. The Bertz CT molecular complexity index is 601. The molecule has 5 nitrogen and oxygen atoms in total. The maximum absolute atomic E-state index is 12.7. The van der Waals surface area contributed by atoms with Gasteiger partial charge in [0.25, 0.3) is 0 Å². The summed E-state index contributed by atoms with van der Waals surface area (Å²) in [5, 5.41) is 9.64. The van der Waals surface area contributed by atoms with Gasteiger partial charge in [-0.2, -0.15) is 17.9 Å². The molecule has 1 aromatic carbocycles. The van der Waals surface area contributed by atoms with Gasteiger partial charge >= 0.3 is 11.3 Å². The zero-order valence-electron chi connectivity index (χ0n) is 9.35. The molecule has 0 bridgehead atoms. The van der Waals surface area contributed by atoms with Crippen LogP contribution >= 0.6 is 11.6 Å². The SMILES string of the molecule is C[S+]([O-])c1nnnn1-c1cccc(C(F)(F)F)c1Cl. The summed E-state index contributed by atoms with van der Waals surface area (Å²) in [7, 11) is 0. The van der Waals surface area contributed by atoms with Crippen LogP contribution in [-0.2, 0) is 17.4 Å². The lowest BCUT2D eigenvalue weighted by molar-refractivity contribution is -0.137. The first-order chi connectivity index (χ1) is 8.82. The van der Waals surface area contributed by atoms with Gasteiger partial charge in [0.05, 0.1) is 16.3 Å². The zero-order chi connectivity index (χ0) is 14.2. The lowest BCUT2D eigenvalue weighted by Crippen LogP contribution is -2.12. The molecule has 1 heterocycles. The highest BCUT2D eigenvalue weighted by Gasteiger charge is 2.35. The number of alkyl halides is 3. The lowest BCUT2D eigenvalue weighted by Gasteiger charge is -2.12. The summed E-state index contributed by atoms with van der Waals surface area (Å²) in [4.78, 5) is 0. The molecule has 1 atom stereocenters. The van der Waals surface area contributed by atoms with E-state index < -0.39 is 27.9 Å². The lowest BCUT2D eigenvalue weighted by atomic mass is 10.2. The highest BCUT2D eigenvalue weighted by molar-refractivity contribution is 7.90. The van der Waals surface area contributed by atoms with Gasteiger partial charge in [-0.3, -0.25) is 0 Å². The minimum absolute atomic E-state index is 0.0771. The molecule has 1 aromatic heterocycles. The van der Waals surface area contributed by atoms with Crippen molar-refractivity contribution in [2.24, 2.45) is 0 Å². The molecule has 0 aliphatic rings. The van der Waals surface area contributed by atoms with E-state index in [1.165, 1.54) is 18.4 Å². The first-order valence-electron chi connectivity index (χ1n) is 4.80. The van der Waals surface area contributed by atoms with Gasteiger partial charge < -0.3 is 4.55 Å². The van der Waals surface area contributed by atoms with E-state index in [2.05, 4.69) is 15.5 Å². The second kappa shape index (κ2) is 4.99. The third-order valence-corrected chi connectivity index (χ3v) is 3.38. The summed E-state index contributed by atoms with van der Waals surface area (Å²) < 4.78 is 50.5. The molecule has 0 radical (unpaired) electrons. The molecule has 10 heteroatoms. The van der Waals surface area contributed by atoms with Crippen LogP contribution in [0.4, 0.5) is 13.2 Å². The Morgan fingerprint density at radius 2 is 2.05 bits per heavy atom. The number of aromatic nitrogens is 4. The number of hydrogen-bond acceptors (Lipinski definition) is 4. The first kappa shape index (κ1) is 14.1. The molecule has 0 amide bonds. The quantitative estimate of drug-likeness (QED) is 0.796. The van der Waals surface area contributed by atoms with Gasteiger partial charge in [0.15, 0.2) is 0 Å². The second-order valence-corrected chi connectivity index (χ2v) is 5.12. The molecular formula is C9H6ClF3N4OS. The first-order valence-corrected chi connectivity index (χ1v) is 6.74. The normalized spacial score (nSPS) is 13.6. The van der Waals surface area contributed by atoms with Crippen molar-refractivity contribution < 1.29 is 17.7 Å². The minimum atomic E-state index is -4.59. The number of benzene rings is 1.